The molecular weight excluding hydrogens is 308 g/mol. The molecule has 5 heteroatoms. The van der Waals surface area contributed by atoms with Crippen molar-refractivity contribution in [3.8, 4) is 5.75 Å². The van der Waals surface area contributed by atoms with Crippen LogP contribution >= 0.6 is 15.9 Å². The minimum Gasteiger partial charge on any atom is -0.508 e. The average Bonchev–Trinajstić information content (AvgIpc) is 2.75. The summed E-state index contributed by atoms with van der Waals surface area (Å²) in [5, 5.41) is 12.3. The number of halogens is 1. The highest BCUT2D eigenvalue weighted by Gasteiger charge is 2.12. The first-order chi connectivity index (χ1) is 9.01. The van der Waals surface area contributed by atoms with Crippen molar-refractivity contribution in [2.24, 2.45) is 0 Å². The van der Waals surface area contributed by atoms with Crippen LogP contribution in [0.1, 0.15) is 23.0 Å². The van der Waals surface area contributed by atoms with Crippen molar-refractivity contribution in [1.82, 2.24) is 4.57 Å². The number of aryl methyl sites for hydroxylation is 2. The normalized spacial score (nSPS) is 10.5. The maximum absolute atomic E-state index is 12.2. The van der Waals surface area contributed by atoms with Crippen LogP contribution in [0.3, 0.4) is 0 Å². The third kappa shape index (κ3) is 2.98. The molecule has 0 saturated heterocycles. The number of carbonyl (C=O) groups excluding carboxylic acids is 1. The Morgan fingerprint density at radius 2 is 2.16 bits per heavy atom. The largest absolute Gasteiger partial charge is 0.508 e. The lowest BCUT2D eigenvalue weighted by Crippen LogP contribution is -2.16. The zero-order valence-electron chi connectivity index (χ0n) is 10.8. The molecule has 100 valence electrons. The van der Waals surface area contributed by atoms with E-state index in [4.69, 9.17) is 0 Å². The van der Waals surface area contributed by atoms with Crippen LogP contribution < -0.4 is 5.32 Å². The maximum atomic E-state index is 12.2. The zero-order chi connectivity index (χ0) is 14.0. The summed E-state index contributed by atoms with van der Waals surface area (Å²) >= 11 is 3.36. The van der Waals surface area contributed by atoms with Gasteiger partial charge in [0.2, 0.25) is 0 Å². The second kappa shape index (κ2) is 5.48. The lowest BCUT2D eigenvalue weighted by Gasteiger charge is -2.08. The molecule has 1 amide bonds. The summed E-state index contributed by atoms with van der Waals surface area (Å²) < 4.78 is 2.74. The molecule has 0 aliphatic carbocycles. The monoisotopic (exact) mass is 322 g/mol. The van der Waals surface area contributed by atoms with E-state index in [2.05, 4.69) is 21.2 Å². The number of rotatable bonds is 3. The van der Waals surface area contributed by atoms with E-state index in [9.17, 15) is 9.90 Å². The van der Waals surface area contributed by atoms with Crippen molar-refractivity contribution in [3.63, 3.8) is 0 Å². The molecule has 2 rings (SSSR count). The third-order valence-electron chi connectivity index (χ3n) is 2.89. The molecule has 0 saturated carbocycles. The van der Waals surface area contributed by atoms with E-state index in [0.717, 1.165) is 16.6 Å². The van der Waals surface area contributed by atoms with E-state index < -0.39 is 0 Å². The Balaban J connectivity index is 2.22. The van der Waals surface area contributed by atoms with E-state index in [0.29, 0.717) is 11.4 Å². The lowest BCUT2D eigenvalue weighted by atomic mass is 10.2. The molecule has 4 nitrogen and oxygen atoms in total. The highest BCUT2D eigenvalue weighted by molar-refractivity contribution is 9.10. The molecule has 1 heterocycles. The number of aromatic nitrogens is 1. The minimum atomic E-state index is -0.169. The molecule has 19 heavy (non-hydrogen) atoms. The number of aromatic hydroxyl groups is 1. The Labute approximate surface area is 120 Å². The first-order valence-corrected chi connectivity index (χ1v) is 6.77. The fraction of sp³-hybridized carbons (Fsp3) is 0.214. The highest BCUT2D eigenvalue weighted by atomic mass is 79.9. The number of benzene rings is 1. The lowest BCUT2D eigenvalue weighted by molar-refractivity contribution is 0.101. The maximum Gasteiger partial charge on any atom is 0.272 e. The van der Waals surface area contributed by atoms with Gasteiger partial charge < -0.3 is 15.0 Å². The Morgan fingerprint density at radius 1 is 1.42 bits per heavy atom. The van der Waals surface area contributed by atoms with Gasteiger partial charge in [-0.15, -0.1) is 0 Å². The van der Waals surface area contributed by atoms with Crippen molar-refractivity contribution < 1.29 is 9.90 Å². The Morgan fingerprint density at radius 3 is 2.79 bits per heavy atom. The highest BCUT2D eigenvalue weighted by Crippen LogP contribution is 2.21. The summed E-state index contributed by atoms with van der Waals surface area (Å²) in [5.41, 5.74) is 1.99. The number of carbonyl (C=O) groups is 1. The topological polar surface area (TPSA) is 54.3 Å². The number of hydrogen-bond donors (Lipinski definition) is 2. The second-order valence-electron chi connectivity index (χ2n) is 4.28. The first-order valence-electron chi connectivity index (χ1n) is 5.98. The molecule has 1 aromatic heterocycles. The van der Waals surface area contributed by atoms with E-state index in [1.807, 2.05) is 17.7 Å². The van der Waals surface area contributed by atoms with E-state index in [1.165, 1.54) is 0 Å². The van der Waals surface area contributed by atoms with Crippen LogP contribution in [-0.4, -0.2) is 15.6 Å². The quantitative estimate of drug-likeness (QED) is 0.849. The number of amides is 1. The Kier molecular flexibility index (Phi) is 3.95. The van der Waals surface area contributed by atoms with Crippen molar-refractivity contribution in [3.05, 3.63) is 46.2 Å². The molecule has 0 radical (unpaired) electrons. The van der Waals surface area contributed by atoms with Crippen LogP contribution in [0, 0.1) is 6.92 Å². The summed E-state index contributed by atoms with van der Waals surface area (Å²) in [5.74, 6) is 0.0512. The fourth-order valence-electron chi connectivity index (χ4n) is 1.86. The summed E-state index contributed by atoms with van der Waals surface area (Å²) in [6.45, 7) is 4.49. The molecule has 2 aromatic rings. The first kappa shape index (κ1) is 13.7. The van der Waals surface area contributed by atoms with Crippen LogP contribution in [0.5, 0.6) is 5.75 Å². The van der Waals surface area contributed by atoms with Gasteiger partial charge in [0.05, 0.1) is 0 Å². The van der Waals surface area contributed by atoms with Gasteiger partial charge in [-0.05, 0) is 59.6 Å². The van der Waals surface area contributed by atoms with Crippen LogP contribution in [0.15, 0.2) is 34.9 Å². The summed E-state index contributed by atoms with van der Waals surface area (Å²) in [7, 11) is 0. The molecule has 0 bridgehead atoms. The predicted octanol–water partition coefficient (Wildman–Crippen LogP) is 3.54. The number of nitrogens with zero attached hydrogens (tertiary/aromatic N) is 1. The number of phenols is 1. The van der Waals surface area contributed by atoms with Gasteiger partial charge in [0.1, 0.15) is 11.4 Å². The van der Waals surface area contributed by atoms with Gasteiger partial charge in [-0.3, -0.25) is 4.79 Å². The van der Waals surface area contributed by atoms with E-state index >= 15 is 0 Å². The molecule has 0 aliphatic rings. The van der Waals surface area contributed by atoms with Crippen molar-refractivity contribution in [2.45, 2.75) is 20.4 Å². The van der Waals surface area contributed by atoms with Crippen LogP contribution in [0.25, 0.3) is 0 Å². The molecular formula is C14H15BrN2O2. The molecule has 1 aromatic carbocycles. The SMILES string of the molecule is CCn1cc(Br)cc1C(=O)Nc1ccc(O)c(C)c1. The Hall–Kier alpha value is -1.75. The van der Waals surface area contributed by atoms with Gasteiger partial charge in [-0.25, -0.2) is 0 Å². The van der Waals surface area contributed by atoms with Gasteiger partial charge in [0.25, 0.3) is 5.91 Å². The smallest absolute Gasteiger partial charge is 0.272 e. The summed E-state index contributed by atoms with van der Waals surface area (Å²) in [6.07, 6.45) is 1.87. The van der Waals surface area contributed by atoms with Gasteiger partial charge in [0, 0.05) is 22.9 Å². The van der Waals surface area contributed by atoms with E-state index in [-0.39, 0.29) is 11.7 Å². The molecule has 2 N–H and O–H groups in total. The van der Waals surface area contributed by atoms with Crippen molar-refractivity contribution >= 4 is 27.5 Å². The molecule has 0 atom stereocenters. The fourth-order valence-corrected chi connectivity index (χ4v) is 2.32. The molecule has 0 unspecified atom stereocenters. The number of hydrogen-bond acceptors (Lipinski definition) is 2. The predicted molar refractivity (Wildman–Crippen MR) is 78.6 cm³/mol. The average molecular weight is 323 g/mol. The second-order valence-corrected chi connectivity index (χ2v) is 5.20. The molecule has 0 fully saturated rings. The zero-order valence-corrected chi connectivity index (χ0v) is 12.4. The minimum absolute atomic E-state index is 0.169. The number of anilines is 1. The van der Waals surface area contributed by atoms with Crippen molar-refractivity contribution in [1.29, 1.82) is 0 Å². The number of nitrogens with one attached hydrogen (secondary N) is 1. The van der Waals surface area contributed by atoms with Crippen LogP contribution in [-0.2, 0) is 6.54 Å². The van der Waals surface area contributed by atoms with Gasteiger partial charge in [-0.2, -0.15) is 0 Å². The van der Waals surface area contributed by atoms with Gasteiger partial charge in [0.15, 0.2) is 0 Å². The van der Waals surface area contributed by atoms with Gasteiger partial charge >= 0.3 is 0 Å². The van der Waals surface area contributed by atoms with E-state index in [1.54, 1.807) is 31.2 Å². The van der Waals surface area contributed by atoms with Crippen molar-refractivity contribution in [2.75, 3.05) is 5.32 Å². The summed E-state index contributed by atoms with van der Waals surface area (Å²) in [6, 6.07) is 6.77. The number of phenolic OH excluding ortho intramolecular Hbond substituents is 1. The summed E-state index contributed by atoms with van der Waals surface area (Å²) in [4.78, 5) is 12.2. The third-order valence-corrected chi connectivity index (χ3v) is 3.32. The van der Waals surface area contributed by atoms with Crippen LogP contribution in [0.4, 0.5) is 5.69 Å². The standard InChI is InChI=1S/C14H15BrN2O2/c1-3-17-8-10(15)7-12(17)14(19)16-11-4-5-13(18)9(2)6-11/h4-8,18H,3H2,1-2H3,(H,16,19). The van der Waals surface area contributed by atoms with Crippen LogP contribution in [0.2, 0.25) is 0 Å². The molecule has 0 spiro atoms. The van der Waals surface area contributed by atoms with Gasteiger partial charge in [-0.1, -0.05) is 0 Å². The molecule has 0 aliphatic heterocycles. The Bertz CT molecular complexity index is 620.